The number of carbonyl (C=O) groups is 4. The van der Waals surface area contributed by atoms with Gasteiger partial charge < -0.3 is 5.11 Å². The smallest absolute Gasteiger partial charge is 0.336 e. The van der Waals surface area contributed by atoms with Crippen molar-refractivity contribution in [1.29, 1.82) is 0 Å². The van der Waals surface area contributed by atoms with Crippen LogP contribution in [0.25, 0.3) is 0 Å². The molecular formula is C15H16O5. The third-order valence-electron chi connectivity index (χ3n) is 2.92. The molecule has 0 spiro atoms. The molecule has 1 aromatic rings. The molecule has 20 heavy (non-hydrogen) atoms. The Bertz CT molecular complexity index is 599. The number of carboxylic acids is 1. The van der Waals surface area contributed by atoms with Crippen LogP contribution < -0.4 is 0 Å². The topological polar surface area (TPSA) is 88.5 Å². The first-order chi connectivity index (χ1) is 9.29. The second-order valence-corrected chi connectivity index (χ2v) is 4.53. The van der Waals surface area contributed by atoms with Crippen LogP contribution in [0.1, 0.15) is 75.0 Å². The second kappa shape index (κ2) is 6.23. The van der Waals surface area contributed by atoms with Crippen molar-refractivity contribution >= 4 is 23.3 Å². The number of hydrogen-bond acceptors (Lipinski definition) is 4. The lowest BCUT2D eigenvalue weighted by Gasteiger charge is -2.10. The molecule has 0 bridgehead atoms. The molecule has 0 amide bonds. The summed E-state index contributed by atoms with van der Waals surface area (Å²) in [7, 11) is 0. The van der Waals surface area contributed by atoms with E-state index in [4.69, 9.17) is 0 Å². The lowest BCUT2D eigenvalue weighted by atomic mass is 9.91. The van der Waals surface area contributed by atoms with Crippen LogP contribution in [0.3, 0.4) is 0 Å². The average molecular weight is 276 g/mol. The zero-order chi connectivity index (χ0) is 15.4. The monoisotopic (exact) mass is 276 g/mol. The molecule has 0 unspecified atom stereocenters. The molecule has 0 radical (unpaired) electrons. The SMILES string of the molecule is CCCC(=O)c1cc(C(C)=O)c(C(C)=O)cc1C(=O)O. The summed E-state index contributed by atoms with van der Waals surface area (Å²) in [4.78, 5) is 46.3. The van der Waals surface area contributed by atoms with Gasteiger partial charge in [0.1, 0.15) is 0 Å². The van der Waals surface area contributed by atoms with Gasteiger partial charge in [-0.05, 0) is 32.4 Å². The number of aromatic carboxylic acids is 1. The summed E-state index contributed by atoms with van der Waals surface area (Å²) in [6.07, 6.45) is 0.763. The van der Waals surface area contributed by atoms with Gasteiger partial charge in [-0.25, -0.2) is 4.79 Å². The van der Waals surface area contributed by atoms with Crippen LogP contribution in [-0.4, -0.2) is 28.4 Å². The molecule has 1 N–H and O–H groups in total. The molecule has 1 aromatic carbocycles. The number of Topliss-reactive ketones (excluding diaryl/α,β-unsaturated/α-hetero) is 3. The number of benzene rings is 1. The van der Waals surface area contributed by atoms with E-state index in [0.29, 0.717) is 6.42 Å². The summed E-state index contributed by atoms with van der Waals surface area (Å²) in [5.41, 5.74) is -0.141. The Hall–Kier alpha value is -2.30. The Labute approximate surface area is 116 Å². The van der Waals surface area contributed by atoms with Crippen molar-refractivity contribution in [2.45, 2.75) is 33.6 Å². The van der Waals surface area contributed by atoms with Crippen LogP contribution >= 0.6 is 0 Å². The maximum atomic E-state index is 12.0. The quantitative estimate of drug-likeness (QED) is 0.807. The van der Waals surface area contributed by atoms with E-state index in [2.05, 4.69) is 0 Å². The average Bonchev–Trinajstić information content (AvgIpc) is 2.36. The molecule has 106 valence electrons. The normalized spacial score (nSPS) is 10.2. The van der Waals surface area contributed by atoms with Crippen LogP contribution in [0.5, 0.6) is 0 Å². The number of rotatable bonds is 6. The van der Waals surface area contributed by atoms with E-state index >= 15 is 0 Å². The highest BCUT2D eigenvalue weighted by Crippen LogP contribution is 2.21. The molecule has 1 rings (SSSR count). The zero-order valence-corrected chi connectivity index (χ0v) is 11.6. The first kappa shape index (κ1) is 15.8. The van der Waals surface area contributed by atoms with Gasteiger partial charge in [-0.15, -0.1) is 0 Å². The van der Waals surface area contributed by atoms with Gasteiger partial charge in [0.15, 0.2) is 17.3 Å². The molecule has 0 heterocycles. The highest BCUT2D eigenvalue weighted by atomic mass is 16.4. The first-order valence-corrected chi connectivity index (χ1v) is 6.26. The summed E-state index contributed by atoms with van der Waals surface area (Å²) in [5.74, 6) is -2.42. The minimum atomic E-state index is -1.29. The number of hydrogen-bond donors (Lipinski definition) is 1. The minimum Gasteiger partial charge on any atom is -0.478 e. The van der Waals surface area contributed by atoms with Crippen molar-refractivity contribution in [1.82, 2.24) is 0 Å². The lowest BCUT2D eigenvalue weighted by molar-refractivity contribution is 0.0691. The van der Waals surface area contributed by atoms with Gasteiger partial charge in [0.05, 0.1) is 5.56 Å². The van der Waals surface area contributed by atoms with Crippen LogP contribution in [0.4, 0.5) is 0 Å². The van der Waals surface area contributed by atoms with E-state index in [1.807, 2.05) is 0 Å². The summed E-state index contributed by atoms with van der Waals surface area (Å²) in [6, 6.07) is 2.34. The first-order valence-electron chi connectivity index (χ1n) is 6.26. The van der Waals surface area contributed by atoms with E-state index < -0.39 is 11.8 Å². The molecule has 0 aliphatic carbocycles. The molecule has 5 nitrogen and oxygen atoms in total. The summed E-state index contributed by atoms with van der Waals surface area (Å²) >= 11 is 0. The van der Waals surface area contributed by atoms with Gasteiger partial charge in [-0.1, -0.05) is 6.92 Å². The molecular weight excluding hydrogens is 260 g/mol. The Morgan fingerprint density at radius 1 is 0.900 bits per heavy atom. The Morgan fingerprint density at radius 2 is 1.35 bits per heavy atom. The zero-order valence-electron chi connectivity index (χ0n) is 11.6. The van der Waals surface area contributed by atoms with Crippen LogP contribution in [0.15, 0.2) is 12.1 Å². The molecule has 5 heteroatoms. The fourth-order valence-corrected chi connectivity index (χ4v) is 1.95. The van der Waals surface area contributed by atoms with E-state index in [-0.39, 0.29) is 40.2 Å². The van der Waals surface area contributed by atoms with Gasteiger partial charge in [0, 0.05) is 23.1 Å². The van der Waals surface area contributed by atoms with E-state index in [9.17, 15) is 24.3 Å². The third-order valence-corrected chi connectivity index (χ3v) is 2.92. The van der Waals surface area contributed by atoms with Crippen LogP contribution in [-0.2, 0) is 0 Å². The predicted molar refractivity (Wildman–Crippen MR) is 72.6 cm³/mol. The van der Waals surface area contributed by atoms with Gasteiger partial charge >= 0.3 is 5.97 Å². The summed E-state index contributed by atoms with van der Waals surface area (Å²) < 4.78 is 0. The van der Waals surface area contributed by atoms with E-state index in [1.54, 1.807) is 6.92 Å². The fourth-order valence-electron chi connectivity index (χ4n) is 1.95. The standard InChI is InChI=1S/C15H16O5/c1-4-5-14(18)12-6-10(8(2)16)11(9(3)17)7-13(12)15(19)20/h6-7H,4-5H2,1-3H3,(H,19,20). The molecule has 0 aromatic heterocycles. The second-order valence-electron chi connectivity index (χ2n) is 4.53. The van der Waals surface area contributed by atoms with Crippen molar-refractivity contribution in [2.75, 3.05) is 0 Å². The molecule has 0 aliphatic rings. The lowest BCUT2D eigenvalue weighted by Crippen LogP contribution is -2.14. The number of carboxylic acid groups (broad SMARTS) is 1. The van der Waals surface area contributed by atoms with Gasteiger partial charge in [-0.3, -0.25) is 14.4 Å². The maximum absolute atomic E-state index is 12.0. The summed E-state index contributed by atoms with van der Waals surface area (Å²) in [5, 5.41) is 9.17. The highest BCUT2D eigenvalue weighted by Gasteiger charge is 2.22. The van der Waals surface area contributed by atoms with Gasteiger partial charge in [-0.2, -0.15) is 0 Å². The fraction of sp³-hybridized carbons (Fsp3) is 0.333. The molecule has 0 saturated heterocycles. The van der Waals surface area contributed by atoms with Crippen molar-refractivity contribution in [3.8, 4) is 0 Å². The largest absolute Gasteiger partial charge is 0.478 e. The Kier molecular flexibility index (Phi) is 4.91. The molecule has 0 aliphatic heterocycles. The molecule has 0 fully saturated rings. The van der Waals surface area contributed by atoms with Gasteiger partial charge in [0.2, 0.25) is 0 Å². The summed E-state index contributed by atoms with van der Waals surface area (Å²) in [6.45, 7) is 4.32. The molecule has 0 atom stereocenters. The number of carbonyl (C=O) groups excluding carboxylic acids is 3. The van der Waals surface area contributed by atoms with Crippen LogP contribution in [0.2, 0.25) is 0 Å². The van der Waals surface area contributed by atoms with Crippen LogP contribution in [0, 0.1) is 0 Å². The highest BCUT2D eigenvalue weighted by molar-refractivity contribution is 6.13. The van der Waals surface area contributed by atoms with E-state index in [0.717, 1.165) is 6.07 Å². The van der Waals surface area contributed by atoms with Crippen molar-refractivity contribution in [3.63, 3.8) is 0 Å². The number of ketones is 3. The van der Waals surface area contributed by atoms with Crippen molar-refractivity contribution in [2.24, 2.45) is 0 Å². The maximum Gasteiger partial charge on any atom is 0.336 e. The van der Waals surface area contributed by atoms with Gasteiger partial charge in [0.25, 0.3) is 0 Å². The molecule has 0 saturated carbocycles. The van der Waals surface area contributed by atoms with Crippen molar-refractivity contribution < 1.29 is 24.3 Å². The Balaban J connectivity index is 3.61. The Morgan fingerprint density at radius 3 is 1.70 bits per heavy atom. The van der Waals surface area contributed by atoms with E-state index in [1.165, 1.54) is 19.9 Å². The van der Waals surface area contributed by atoms with Crippen molar-refractivity contribution in [3.05, 3.63) is 34.4 Å². The minimum absolute atomic E-state index is 0.0189. The predicted octanol–water partition coefficient (Wildman–Crippen LogP) is 2.77. The third kappa shape index (κ3) is 3.17.